The van der Waals surface area contributed by atoms with Crippen LogP contribution in [-0.2, 0) is 0 Å². The Labute approximate surface area is 121 Å². The van der Waals surface area contributed by atoms with Gasteiger partial charge in [0.2, 0.25) is 0 Å². The van der Waals surface area contributed by atoms with Crippen LogP contribution >= 0.6 is 43.2 Å². The first-order valence-corrected chi connectivity index (χ1v) is 7.32. The van der Waals surface area contributed by atoms with Crippen LogP contribution in [0.5, 0.6) is 0 Å². The SMILES string of the molecule is N#CC(Nc1ccccc1Br)c1cc(Br)cs1. The first-order chi connectivity index (χ1) is 8.20. The van der Waals surface area contributed by atoms with Crippen LogP contribution in [0.2, 0.25) is 0 Å². The summed E-state index contributed by atoms with van der Waals surface area (Å²) < 4.78 is 1.96. The molecule has 0 fully saturated rings. The fourth-order valence-electron chi connectivity index (χ4n) is 1.38. The third kappa shape index (κ3) is 3.09. The topological polar surface area (TPSA) is 35.8 Å². The molecule has 2 rings (SSSR count). The quantitative estimate of drug-likeness (QED) is 0.828. The van der Waals surface area contributed by atoms with Crippen LogP contribution in [0.25, 0.3) is 0 Å². The number of hydrogen-bond acceptors (Lipinski definition) is 3. The molecular weight excluding hydrogens is 364 g/mol. The van der Waals surface area contributed by atoms with Crippen LogP contribution in [0, 0.1) is 11.3 Å². The molecule has 0 bridgehead atoms. The van der Waals surface area contributed by atoms with Crippen LogP contribution in [0.3, 0.4) is 0 Å². The van der Waals surface area contributed by atoms with Crippen molar-refractivity contribution in [1.29, 1.82) is 5.26 Å². The van der Waals surface area contributed by atoms with Gasteiger partial charge in [-0.3, -0.25) is 0 Å². The van der Waals surface area contributed by atoms with E-state index in [0.29, 0.717) is 0 Å². The zero-order valence-electron chi connectivity index (χ0n) is 8.65. The van der Waals surface area contributed by atoms with Gasteiger partial charge in [-0.05, 0) is 50.1 Å². The van der Waals surface area contributed by atoms with Gasteiger partial charge in [0.1, 0.15) is 6.04 Å². The molecule has 1 heterocycles. The van der Waals surface area contributed by atoms with Gasteiger partial charge in [0.15, 0.2) is 0 Å². The average molecular weight is 372 g/mol. The van der Waals surface area contributed by atoms with E-state index >= 15 is 0 Å². The summed E-state index contributed by atoms with van der Waals surface area (Å²) in [6.07, 6.45) is 0. The van der Waals surface area contributed by atoms with Crippen LogP contribution in [0.1, 0.15) is 10.9 Å². The summed E-state index contributed by atoms with van der Waals surface area (Å²) in [5, 5.41) is 14.4. The molecule has 1 unspecified atom stereocenters. The Morgan fingerprint density at radius 1 is 1.29 bits per heavy atom. The summed E-state index contributed by atoms with van der Waals surface area (Å²) >= 11 is 8.41. The molecule has 0 saturated heterocycles. The number of nitrogens with zero attached hydrogens (tertiary/aromatic N) is 1. The molecule has 0 radical (unpaired) electrons. The number of thiophene rings is 1. The third-order valence-electron chi connectivity index (χ3n) is 2.18. The fraction of sp³-hybridized carbons (Fsp3) is 0.0833. The summed E-state index contributed by atoms with van der Waals surface area (Å²) in [6.45, 7) is 0. The van der Waals surface area contributed by atoms with Crippen LogP contribution < -0.4 is 5.32 Å². The lowest BCUT2D eigenvalue weighted by Crippen LogP contribution is -2.07. The molecule has 1 N–H and O–H groups in total. The Hall–Kier alpha value is -0.830. The lowest BCUT2D eigenvalue weighted by molar-refractivity contribution is 1.02. The number of para-hydroxylation sites is 1. The molecule has 1 aromatic carbocycles. The molecule has 0 amide bonds. The van der Waals surface area contributed by atoms with E-state index in [1.807, 2.05) is 35.7 Å². The lowest BCUT2D eigenvalue weighted by Gasteiger charge is -2.12. The van der Waals surface area contributed by atoms with Crippen molar-refractivity contribution in [3.8, 4) is 6.07 Å². The number of halogens is 2. The average Bonchev–Trinajstić information content (AvgIpc) is 2.75. The smallest absolute Gasteiger partial charge is 0.149 e. The van der Waals surface area contributed by atoms with Gasteiger partial charge in [0, 0.05) is 24.9 Å². The van der Waals surface area contributed by atoms with E-state index in [1.54, 1.807) is 11.3 Å². The highest BCUT2D eigenvalue weighted by Gasteiger charge is 2.13. The first kappa shape index (κ1) is 12.6. The van der Waals surface area contributed by atoms with E-state index in [0.717, 1.165) is 19.5 Å². The molecule has 0 spiro atoms. The lowest BCUT2D eigenvalue weighted by atomic mass is 10.2. The molecule has 86 valence electrons. The van der Waals surface area contributed by atoms with Gasteiger partial charge >= 0.3 is 0 Å². The molecule has 1 aromatic heterocycles. The van der Waals surface area contributed by atoms with Crippen molar-refractivity contribution in [1.82, 2.24) is 0 Å². The Kier molecular flexibility index (Phi) is 4.21. The molecule has 0 aliphatic rings. The number of anilines is 1. The van der Waals surface area contributed by atoms with Gasteiger partial charge in [0.25, 0.3) is 0 Å². The summed E-state index contributed by atoms with van der Waals surface area (Å²) in [5.74, 6) is 0. The number of hydrogen-bond donors (Lipinski definition) is 1. The van der Waals surface area contributed by atoms with Crippen molar-refractivity contribution in [3.05, 3.63) is 49.5 Å². The molecule has 0 aliphatic carbocycles. The normalized spacial score (nSPS) is 11.8. The van der Waals surface area contributed by atoms with Crippen molar-refractivity contribution >= 4 is 48.9 Å². The molecule has 2 aromatic rings. The Bertz CT molecular complexity index is 560. The predicted octanol–water partition coefficient (Wildman–Crippen LogP) is 4.95. The molecule has 17 heavy (non-hydrogen) atoms. The maximum absolute atomic E-state index is 9.20. The van der Waals surface area contributed by atoms with Crippen LogP contribution in [0.15, 0.2) is 44.7 Å². The molecule has 2 nitrogen and oxygen atoms in total. The first-order valence-electron chi connectivity index (χ1n) is 4.85. The highest BCUT2D eigenvalue weighted by molar-refractivity contribution is 9.10. The number of rotatable bonds is 3. The summed E-state index contributed by atoms with van der Waals surface area (Å²) in [5.41, 5.74) is 0.920. The van der Waals surface area contributed by atoms with E-state index in [-0.39, 0.29) is 6.04 Å². The maximum Gasteiger partial charge on any atom is 0.149 e. The second-order valence-electron chi connectivity index (χ2n) is 3.35. The van der Waals surface area contributed by atoms with E-state index in [4.69, 9.17) is 0 Å². The van der Waals surface area contributed by atoms with Crippen LogP contribution in [0.4, 0.5) is 5.69 Å². The van der Waals surface area contributed by atoms with Crippen molar-refractivity contribution < 1.29 is 0 Å². The highest BCUT2D eigenvalue weighted by Crippen LogP contribution is 2.30. The minimum absolute atomic E-state index is 0.329. The summed E-state index contributed by atoms with van der Waals surface area (Å²) in [4.78, 5) is 0.995. The second kappa shape index (κ2) is 5.67. The Balaban J connectivity index is 2.22. The molecular formula is C12H8Br2N2S. The maximum atomic E-state index is 9.20. The highest BCUT2D eigenvalue weighted by atomic mass is 79.9. The van der Waals surface area contributed by atoms with Gasteiger partial charge < -0.3 is 5.32 Å². The Morgan fingerprint density at radius 3 is 2.65 bits per heavy atom. The minimum Gasteiger partial charge on any atom is -0.365 e. The molecule has 0 aliphatic heterocycles. The standard InChI is InChI=1S/C12H8Br2N2S/c13-8-5-12(17-7-8)11(6-15)16-10-4-2-1-3-9(10)14/h1-5,7,11,16H. The molecule has 5 heteroatoms. The van der Waals surface area contributed by atoms with Gasteiger partial charge in [-0.25, -0.2) is 0 Å². The van der Waals surface area contributed by atoms with Crippen molar-refractivity contribution in [3.63, 3.8) is 0 Å². The van der Waals surface area contributed by atoms with Gasteiger partial charge in [-0.15, -0.1) is 11.3 Å². The molecule has 0 saturated carbocycles. The van der Waals surface area contributed by atoms with Crippen molar-refractivity contribution in [2.24, 2.45) is 0 Å². The van der Waals surface area contributed by atoms with Gasteiger partial charge in [0.05, 0.1) is 6.07 Å². The van der Waals surface area contributed by atoms with E-state index in [2.05, 4.69) is 43.2 Å². The Morgan fingerprint density at radius 2 is 2.06 bits per heavy atom. The monoisotopic (exact) mass is 370 g/mol. The minimum atomic E-state index is -0.329. The van der Waals surface area contributed by atoms with Gasteiger partial charge in [-0.2, -0.15) is 5.26 Å². The van der Waals surface area contributed by atoms with Crippen molar-refractivity contribution in [2.45, 2.75) is 6.04 Å². The number of nitriles is 1. The summed E-state index contributed by atoms with van der Waals surface area (Å²) in [6, 6.07) is 11.7. The van der Waals surface area contributed by atoms with E-state index < -0.39 is 0 Å². The predicted molar refractivity (Wildman–Crippen MR) is 78.1 cm³/mol. The zero-order valence-corrected chi connectivity index (χ0v) is 12.6. The largest absolute Gasteiger partial charge is 0.365 e. The van der Waals surface area contributed by atoms with E-state index in [9.17, 15) is 5.26 Å². The third-order valence-corrected chi connectivity index (χ3v) is 4.62. The zero-order chi connectivity index (χ0) is 12.3. The number of nitrogens with one attached hydrogen (secondary N) is 1. The van der Waals surface area contributed by atoms with Crippen LogP contribution in [-0.4, -0.2) is 0 Å². The van der Waals surface area contributed by atoms with Gasteiger partial charge in [-0.1, -0.05) is 12.1 Å². The number of benzene rings is 1. The fourth-order valence-corrected chi connectivity index (χ4v) is 3.22. The van der Waals surface area contributed by atoms with E-state index in [1.165, 1.54) is 0 Å². The summed E-state index contributed by atoms with van der Waals surface area (Å²) in [7, 11) is 0. The second-order valence-corrected chi connectivity index (χ2v) is 6.07. The molecule has 1 atom stereocenters. The van der Waals surface area contributed by atoms with Crippen molar-refractivity contribution in [2.75, 3.05) is 5.32 Å².